The second kappa shape index (κ2) is 5.26. The van der Waals surface area contributed by atoms with Crippen LogP contribution in [0.15, 0.2) is 36.7 Å². The summed E-state index contributed by atoms with van der Waals surface area (Å²) in [7, 11) is 0. The predicted molar refractivity (Wildman–Crippen MR) is 76.9 cm³/mol. The molecule has 2 heterocycles. The standard InChI is InChI=1S/C14H15N5O/c1-10-8-13(11-4-2-3-5-12(11)16-10)17-14-15-9-19(18-14)6-7-20/h2-5,8-9,20H,6-7H2,1H3,(H,16,17,18). The molecule has 0 aliphatic heterocycles. The van der Waals surface area contributed by atoms with Crippen molar-refractivity contribution in [2.24, 2.45) is 0 Å². The number of pyridine rings is 1. The molecular formula is C14H15N5O. The van der Waals surface area contributed by atoms with E-state index >= 15 is 0 Å². The molecule has 102 valence electrons. The zero-order chi connectivity index (χ0) is 13.9. The van der Waals surface area contributed by atoms with Gasteiger partial charge in [-0.15, -0.1) is 5.10 Å². The number of fused-ring (bicyclic) bond motifs is 1. The summed E-state index contributed by atoms with van der Waals surface area (Å²) in [4.78, 5) is 8.67. The molecule has 20 heavy (non-hydrogen) atoms. The first-order valence-electron chi connectivity index (χ1n) is 6.40. The minimum absolute atomic E-state index is 0.0418. The summed E-state index contributed by atoms with van der Waals surface area (Å²) in [5.41, 5.74) is 2.79. The molecule has 0 saturated carbocycles. The molecular weight excluding hydrogens is 254 g/mol. The lowest BCUT2D eigenvalue weighted by Crippen LogP contribution is -2.03. The number of nitrogens with one attached hydrogen (secondary N) is 1. The van der Waals surface area contributed by atoms with E-state index in [0.717, 1.165) is 22.3 Å². The van der Waals surface area contributed by atoms with Gasteiger partial charge in [0.05, 0.1) is 24.4 Å². The highest BCUT2D eigenvalue weighted by molar-refractivity contribution is 5.92. The van der Waals surface area contributed by atoms with Crippen LogP contribution in [0.5, 0.6) is 0 Å². The highest BCUT2D eigenvalue weighted by Crippen LogP contribution is 2.24. The number of aliphatic hydroxyl groups excluding tert-OH is 1. The topological polar surface area (TPSA) is 75.9 Å². The van der Waals surface area contributed by atoms with E-state index in [-0.39, 0.29) is 6.61 Å². The van der Waals surface area contributed by atoms with Crippen LogP contribution in [0.3, 0.4) is 0 Å². The minimum atomic E-state index is 0.0418. The smallest absolute Gasteiger partial charge is 0.246 e. The Balaban J connectivity index is 1.97. The minimum Gasteiger partial charge on any atom is -0.394 e. The summed E-state index contributed by atoms with van der Waals surface area (Å²) >= 11 is 0. The predicted octanol–water partition coefficient (Wildman–Crippen LogP) is 1.87. The van der Waals surface area contributed by atoms with Crippen molar-refractivity contribution in [3.8, 4) is 0 Å². The van der Waals surface area contributed by atoms with Gasteiger partial charge in [0.25, 0.3) is 0 Å². The van der Waals surface area contributed by atoms with Crippen LogP contribution in [0.2, 0.25) is 0 Å². The monoisotopic (exact) mass is 269 g/mol. The molecule has 0 aliphatic rings. The zero-order valence-corrected chi connectivity index (χ0v) is 11.1. The maximum atomic E-state index is 8.88. The Kier molecular flexibility index (Phi) is 3.30. The molecule has 2 aromatic heterocycles. The highest BCUT2D eigenvalue weighted by Gasteiger charge is 2.06. The van der Waals surface area contributed by atoms with Crippen LogP contribution in [0, 0.1) is 6.92 Å². The van der Waals surface area contributed by atoms with E-state index in [4.69, 9.17) is 5.11 Å². The molecule has 0 atom stereocenters. The first kappa shape index (κ1) is 12.6. The molecule has 3 aromatic rings. The molecule has 6 heteroatoms. The Morgan fingerprint density at radius 2 is 2.15 bits per heavy atom. The van der Waals surface area contributed by atoms with Gasteiger partial charge in [0, 0.05) is 11.1 Å². The van der Waals surface area contributed by atoms with E-state index < -0.39 is 0 Å². The molecule has 2 N–H and O–H groups in total. The van der Waals surface area contributed by atoms with Gasteiger partial charge in [-0.25, -0.2) is 9.67 Å². The van der Waals surface area contributed by atoms with E-state index in [1.165, 1.54) is 0 Å². The van der Waals surface area contributed by atoms with Crippen molar-refractivity contribution in [1.29, 1.82) is 0 Å². The zero-order valence-electron chi connectivity index (χ0n) is 11.1. The lowest BCUT2D eigenvalue weighted by molar-refractivity contribution is 0.269. The van der Waals surface area contributed by atoms with Crippen LogP contribution in [0.4, 0.5) is 11.6 Å². The van der Waals surface area contributed by atoms with Gasteiger partial charge < -0.3 is 10.4 Å². The van der Waals surface area contributed by atoms with E-state index in [2.05, 4.69) is 20.4 Å². The van der Waals surface area contributed by atoms with E-state index in [0.29, 0.717) is 12.5 Å². The second-order valence-electron chi connectivity index (χ2n) is 4.51. The average Bonchev–Trinajstić information content (AvgIpc) is 2.86. The number of aryl methyl sites for hydroxylation is 1. The first-order chi connectivity index (χ1) is 9.76. The molecule has 1 aromatic carbocycles. The quantitative estimate of drug-likeness (QED) is 0.756. The van der Waals surface area contributed by atoms with Gasteiger partial charge in [-0.3, -0.25) is 4.98 Å². The van der Waals surface area contributed by atoms with Gasteiger partial charge in [0.2, 0.25) is 5.95 Å². The van der Waals surface area contributed by atoms with E-state index in [1.54, 1.807) is 11.0 Å². The van der Waals surface area contributed by atoms with E-state index in [9.17, 15) is 0 Å². The Morgan fingerprint density at radius 3 is 3.00 bits per heavy atom. The fraction of sp³-hybridized carbons (Fsp3) is 0.214. The first-order valence-corrected chi connectivity index (χ1v) is 6.40. The number of hydrogen-bond acceptors (Lipinski definition) is 5. The molecule has 3 rings (SSSR count). The van der Waals surface area contributed by atoms with Crippen LogP contribution in [-0.2, 0) is 6.54 Å². The maximum absolute atomic E-state index is 8.88. The lowest BCUT2D eigenvalue weighted by atomic mass is 10.1. The van der Waals surface area contributed by atoms with Crippen molar-refractivity contribution in [2.45, 2.75) is 13.5 Å². The molecule has 0 amide bonds. The molecule has 6 nitrogen and oxygen atoms in total. The SMILES string of the molecule is Cc1cc(Nc2ncn(CCO)n2)c2ccccc2n1. The molecule has 0 spiro atoms. The highest BCUT2D eigenvalue weighted by atomic mass is 16.3. The number of benzene rings is 1. The Labute approximate surface area is 116 Å². The van der Waals surface area contributed by atoms with E-state index in [1.807, 2.05) is 37.3 Å². The van der Waals surface area contributed by atoms with Crippen molar-refractivity contribution in [3.63, 3.8) is 0 Å². The largest absolute Gasteiger partial charge is 0.394 e. The summed E-state index contributed by atoms with van der Waals surface area (Å²) in [5.74, 6) is 0.509. The molecule has 0 radical (unpaired) electrons. The molecule has 0 fully saturated rings. The van der Waals surface area contributed by atoms with Crippen molar-refractivity contribution in [2.75, 3.05) is 11.9 Å². The number of aromatic nitrogens is 4. The summed E-state index contributed by atoms with van der Waals surface area (Å²) < 4.78 is 1.60. The number of hydrogen-bond donors (Lipinski definition) is 2. The number of para-hydroxylation sites is 1. The van der Waals surface area contributed by atoms with Gasteiger partial charge in [0.15, 0.2) is 0 Å². The van der Waals surface area contributed by atoms with Gasteiger partial charge >= 0.3 is 0 Å². The van der Waals surface area contributed by atoms with Gasteiger partial charge in [-0.05, 0) is 19.1 Å². The number of anilines is 2. The van der Waals surface area contributed by atoms with Crippen molar-refractivity contribution >= 4 is 22.5 Å². The lowest BCUT2D eigenvalue weighted by Gasteiger charge is -2.07. The Hall–Kier alpha value is -2.47. The number of rotatable bonds is 4. The third-order valence-corrected chi connectivity index (χ3v) is 2.96. The summed E-state index contributed by atoms with van der Waals surface area (Å²) in [6, 6.07) is 9.89. The second-order valence-corrected chi connectivity index (χ2v) is 4.51. The average molecular weight is 269 g/mol. The molecule has 0 bridgehead atoms. The van der Waals surface area contributed by atoms with Gasteiger partial charge in [0.1, 0.15) is 6.33 Å². The van der Waals surface area contributed by atoms with Crippen molar-refractivity contribution < 1.29 is 5.11 Å². The van der Waals surface area contributed by atoms with Crippen LogP contribution >= 0.6 is 0 Å². The normalized spacial score (nSPS) is 10.9. The Bertz CT molecular complexity index is 737. The summed E-state index contributed by atoms with van der Waals surface area (Å²) in [5, 5.41) is 17.4. The van der Waals surface area contributed by atoms with Gasteiger partial charge in [-0.1, -0.05) is 18.2 Å². The van der Waals surface area contributed by atoms with Gasteiger partial charge in [-0.2, -0.15) is 0 Å². The van der Waals surface area contributed by atoms with Crippen LogP contribution in [-0.4, -0.2) is 31.5 Å². The van der Waals surface area contributed by atoms with Crippen molar-refractivity contribution in [3.05, 3.63) is 42.4 Å². The van der Waals surface area contributed by atoms with Crippen LogP contribution < -0.4 is 5.32 Å². The molecule has 0 saturated heterocycles. The number of aliphatic hydroxyl groups is 1. The fourth-order valence-electron chi connectivity index (χ4n) is 2.09. The Morgan fingerprint density at radius 1 is 1.30 bits per heavy atom. The third kappa shape index (κ3) is 2.46. The van der Waals surface area contributed by atoms with Crippen molar-refractivity contribution in [1.82, 2.24) is 19.7 Å². The summed E-state index contributed by atoms with van der Waals surface area (Å²) in [6.07, 6.45) is 1.59. The fourth-order valence-corrected chi connectivity index (χ4v) is 2.09. The molecule has 0 unspecified atom stereocenters. The third-order valence-electron chi connectivity index (χ3n) is 2.96. The maximum Gasteiger partial charge on any atom is 0.246 e. The van der Waals surface area contributed by atoms with Crippen LogP contribution in [0.25, 0.3) is 10.9 Å². The number of nitrogens with zero attached hydrogens (tertiary/aromatic N) is 4. The summed E-state index contributed by atoms with van der Waals surface area (Å²) in [6.45, 7) is 2.43. The van der Waals surface area contributed by atoms with Crippen LogP contribution in [0.1, 0.15) is 5.69 Å². The molecule has 0 aliphatic carbocycles.